The summed E-state index contributed by atoms with van der Waals surface area (Å²) in [4.78, 5) is 9.27. The Morgan fingerprint density at radius 2 is 1.95 bits per heavy atom. The van der Waals surface area contributed by atoms with E-state index >= 15 is 0 Å². The van der Waals surface area contributed by atoms with E-state index in [1.54, 1.807) is 14.2 Å². The molecule has 0 amide bonds. The fourth-order valence-corrected chi connectivity index (χ4v) is 2.36. The minimum Gasteiger partial charge on any atom is -0.383 e. The molecule has 19 heavy (non-hydrogen) atoms. The smallest absolute Gasteiger partial charge is 0.133 e. The van der Waals surface area contributed by atoms with Crippen LogP contribution in [0.4, 0.5) is 5.82 Å². The topological polar surface area (TPSA) is 37.8 Å². The van der Waals surface area contributed by atoms with E-state index in [1.165, 1.54) is 5.56 Å². The Bertz CT molecular complexity index is 387. The summed E-state index contributed by atoms with van der Waals surface area (Å²) in [5.41, 5.74) is 1.28. The summed E-state index contributed by atoms with van der Waals surface area (Å²) in [5, 5.41) is 0. The van der Waals surface area contributed by atoms with Crippen molar-refractivity contribution in [3.63, 3.8) is 0 Å². The van der Waals surface area contributed by atoms with Crippen molar-refractivity contribution in [3.05, 3.63) is 23.9 Å². The quantitative estimate of drug-likeness (QED) is 0.767. The lowest BCUT2D eigenvalue weighted by atomic mass is 10.2. The molecule has 1 aromatic rings. The Morgan fingerprint density at radius 1 is 1.16 bits per heavy atom. The molecule has 0 saturated carbocycles. The zero-order valence-corrected chi connectivity index (χ0v) is 11.8. The number of aromatic nitrogens is 1. The second-order valence-corrected chi connectivity index (χ2v) is 4.73. The lowest BCUT2D eigenvalue weighted by molar-refractivity contribution is 0.146. The zero-order chi connectivity index (χ0) is 13.5. The van der Waals surface area contributed by atoms with Gasteiger partial charge in [-0.3, -0.25) is 4.90 Å². The molecule has 1 aromatic heterocycles. The average Bonchev–Trinajstić information content (AvgIpc) is 2.62. The zero-order valence-electron chi connectivity index (χ0n) is 11.8. The van der Waals surface area contributed by atoms with Gasteiger partial charge in [-0.1, -0.05) is 6.07 Å². The predicted octanol–water partition coefficient (Wildman–Crippen LogP) is 0.996. The number of anilines is 1. The molecule has 0 spiro atoms. The third-order valence-electron chi connectivity index (χ3n) is 3.42. The van der Waals surface area contributed by atoms with Gasteiger partial charge in [-0.25, -0.2) is 4.98 Å². The Balaban J connectivity index is 2.09. The lowest BCUT2D eigenvalue weighted by Gasteiger charge is -2.23. The minimum atomic E-state index is 0.730. The van der Waals surface area contributed by atoms with Crippen LogP contribution in [0.2, 0.25) is 0 Å². The normalized spacial score (nSPS) is 16.2. The van der Waals surface area contributed by atoms with Crippen LogP contribution in [0.3, 0.4) is 0 Å². The van der Waals surface area contributed by atoms with Gasteiger partial charge in [0.25, 0.3) is 0 Å². The van der Waals surface area contributed by atoms with Crippen molar-refractivity contribution in [2.24, 2.45) is 0 Å². The summed E-state index contributed by atoms with van der Waals surface area (Å²) in [7, 11) is 3.49. The molecule has 0 saturated heterocycles. The fraction of sp³-hybridized carbons (Fsp3) is 0.643. The van der Waals surface area contributed by atoms with Gasteiger partial charge in [0.1, 0.15) is 5.82 Å². The SMILES string of the molecule is COCCN1CCN(CCOC)c2ncccc2C1. The molecule has 5 nitrogen and oxygen atoms in total. The third kappa shape index (κ3) is 3.89. The van der Waals surface area contributed by atoms with E-state index in [2.05, 4.69) is 20.9 Å². The monoisotopic (exact) mass is 265 g/mol. The standard InChI is InChI=1S/C14H23N3O2/c1-18-10-8-16-6-7-17(9-11-19-2)14-13(12-16)4-3-5-15-14/h3-5H,6-12H2,1-2H3. The van der Waals surface area contributed by atoms with Crippen molar-refractivity contribution in [1.29, 1.82) is 0 Å². The second kappa shape index (κ2) is 7.43. The Labute approximate surface area is 115 Å². The molecule has 0 aliphatic carbocycles. The average molecular weight is 265 g/mol. The predicted molar refractivity (Wildman–Crippen MR) is 75.5 cm³/mol. The number of fused-ring (bicyclic) bond motifs is 1. The number of ether oxygens (including phenoxy) is 2. The largest absolute Gasteiger partial charge is 0.383 e. The first-order valence-electron chi connectivity index (χ1n) is 6.74. The lowest BCUT2D eigenvalue weighted by Crippen LogP contribution is -2.35. The van der Waals surface area contributed by atoms with Gasteiger partial charge in [0.15, 0.2) is 0 Å². The summed E-state index contributed by atoms with van der Waals surface area (Å²) < 4.78 is 10.4. The number of nitrogens with zero attached hydrogens (tertiary/aromatic N) is 3. The van der Waals surface area contributed by atoms with Crippen LogP contribution < -0.4 is 4.90 Å². The molecule has 5 heteroatoms. The highest BCUT2D eigenvalue weighted by molar-refractivity contribution is 5.47. The molecule has 1 aliphatic heterocycles. The molecule has 0 radical (unpaired) electrons. The van der Waals surface area contributed by atoms with E-state index < -0.39 is 0 Å². The van der Waals surface area contributed by atoms with Crippen molar-refractivity contribution in [2.45, 2.75) is 6.54 Å². The molecule has 0 fully saturated rings. The first kappa shape index (κ1) is 14.2. The van der Waals surface area contributed by atoms with Gasteiger partial charge in [0, 0.05) is 58.7 Å². The van der Waals surface area contributed by atoms with Crippen LogP contribution in [0.1, 0.15) is 5.56 Å². The summed E-state index contributed by atoms with van der Waals surface area (Å²) in [6, 6.07) is 4.17. The number of methoxy groups -OCH3 is 2. The molecular formula is C14H23N3O2. The number of pyridine rings is 1. The van der Waals surface area contributed by atoms with Crippen LogP contribution in [0.5, 0.6) is 0 Å². The van der Waals surface area contributed by atoms with Crippen molar-refractivity contribution in [3.8, 4) is 0 Å². The maximum Gasteiger partial charge on any atom is 0.133 e. The van der Waals surface area contributed by atoms with E-state index in [1.807, 2.05) is 12.3 Å². The van der Waals surface area contributed by atoms with E-state index in [-0.39, 0.29) is 0 Å². The van der Waals surface area contributed by atoms with Crippen LogP contribution in [0, 0.1) is 0 Å². The summed E-state index contributed by atoms with van der Waals surface area (Å²) in [5.74, 6) is 1.10. The van der Waals surface area contributed by atoms with E-state index in [9.17, 15) is 0 Å². The van der Waals surface area contributed by atoms with Crippen molar-refractivity contribution in [1.82, 2.24) is 9.88 Å². The molecule has 0 aromatic carbocycles. The summed E-state index contributed by atoms with van der Waals surface area (Å²) in [6.07, 6.45) is 1.86. The maximum absolute atomic E-state index is 5.19. The van der Waals surface area contributed by atoms with Crippen LogP contribution in [0.15, 0.2) is 18.3 Å². The first-order chi connectivity index (χ1) is 9.35. The van der Waals surface area contributed by atoms with Crippen LogP contribution in [-0.2, 0) is 16.0 Å². The van der Waals surface area contributed by atoms with Gasteiger partial charge < -0.3 is 14.4 Å². The van der Waals surface area contributed by atoms with E-state index in [0.717, 1.165) is 51.8 Å². The van der Waals surface area contributed by atoms with Crippen molar-refractivity contribution < 1.29 is 9.47 Å². The Kier molecular flexibility index (Phi) is 5.57. The van der Waals surface area contributed by atoms with Gasteiger partial charge >= 0.3 is 0 Å². The second-order valence-electron chi connectivity index (χ2n) is 4.73. The highest BCUT2D eigenvalue weighted by Crippen LogP contribution is 2.21. The molecule has 0 unspecified atom stereocenters. The van der Waals surface area contributed by atoms with Crippen LogP contribution >= 0.6 is 0 Å². The van der Waals surface area contributed by atoms with Gasteiger partial charge in [-0.2, -0.15) is 0 Å². The number of hydrogen-bond acceptors (Lipinski definition) is 5. The number of hydrogen-bond donors (Lipinski definition) is 0. The highest BCUT2D eigenvalue weighted by atomic mass is 16.5. The number of rotatable bonds is 6. The first-order valence-corrected chi connectivity index (χ1v) is 6.74. The molecule has 2 rings (SSSR count). The minimum absolute atomic E-state index is 0.730. The van der Waals surface area contributed by atoms with Gasteiger partial charge in [0.2, 0.25) is 0 Å². The molecule has 1 aliphatic rings. The van der Waals surface area contributed by atoms with Crippen LogP contribution in [-0.4, -0.2) is 63.5 Å². The van der Waals surface area contributed by atoms with E-state index in [4.69, 9.17) is 9.47 Å². The Hall–Kier alpha value is -1.17. The molecule has 0 N–H and O–H groups in total. The Morgan fingerprint density at radius 3 is 2.74 bits per heavy atom. The molecule has 0 bridgehead atoms. The maximum atomic E-state index is 5.19. The third-order valence-corrected chi connectivity index (χ3v) is 3.42. The van der Waals surface area contributed by atoms with E-state index in [0.29, 0.717) is 0 Å². The fourth-order valence-electron chi connectivity index (χ4n) is 2.36. The summed E-state index contributed by atoms with van der Waals surface area (Å²) in [6.45, 7) is 6.31. The van der Waals surface area contributed by atoms with Gasteiger partial charge in [-0.05, 0) is 6.07 Å². The van der Waals surface area contributed by atoms with Gasteiger partial charge in [0.05, 0.1) is 13.2 Å². The van der Waals surface area contributed by atoms with Gasteiger partial charge in [-0.15, -0.1) is 0 Å². The molecular weight excluding hydrogens is 242 g/mol. The van der Waals surface area contributed by atoms with Crippen molar-refractivity contribution >= 4 is 5.82 Å². The summed E-state index contributed by atoms with van der Waals surface area (Å²) >= 11 is 0. The molecule has 2 heterocycles. The van der Waals surface area contributed by atoms with Crippen LogP contribution in [0.25, 0.3) is 0 Å². The molecule has 106 valence electrons. The highest BCUT2D eigenvalue weighted by Gasteiger charge is 2.19. The molecule has 0 atom stereocenters. The van der Waals surface area contributed by atoms with Crippen molar-refractivity contribution in [2.75, 3.05) is 58.5 Å².